The molecule has 20 heavy (non-hydrogen) atoms. The number of carbonyl (C=O) groups is 2. The Labute approximate surface area is 118 Å². The highest BCUT2D eigenvalue weighted by Gasteiger charge is 2.35. The highest BCUT2D eigenvalue weighted by Crippen LogP contribution is 2.20. The molecule has 1 fully saturated rings. The first-order valence-electron chi connectivity index (χ1n) is 6.83. The molecule has 0 aromatic heterocycles. The highest BCUT2D eigenvalue weighted by molar-refractivity contribution is 5.86. The Hall–Kier alpha value is -2.04. The van der Waals surface area contributed by atoms with E-state index in [4.69, 9.17) is 4.74 Å². The maximum atomic E-state index is 12.3. The molecule has 1 heterocycles. The van der Waals surface area contributed by atoms with Crippen molar-refractivity contribution in [3.05, 3.63) is 35.9 Å². The number of nitrogens with zero attached hydrogens (tertiary/aromatic N) is 1. The van der Waals surface area contributed by atoms with Crippen molar-refractivity contribution >= 4 is 12.0 Å². The molecular formula is C15H20N2O3. The molecule has 0 spiro atoms. The lowest BCUT2D eigenvalue weighted by molar-refractivity contribution is -0.125. The zero-order valence-electron chi connectivity index (χ0n) is 11.8. The topological polar surface area (TPSA) is 58.6 Å². The number of ether oxygens (including phenoxy) is 1. The Kier molecular flexibility index (Phi) is 4.61. The monoisotopic (exact) mass is 276 g/mol. The van der Waals surface area contributed by atoms with Crippen LogP contribution in [0.25, 0.3) is 0 Å². The predicted molar refractivity (Wildman–Crippen MR) is 75.1 cm³/mol. The first-order valence-corrected chi connectivity index (χ1v) is 6.83. The van der Waals surface area contributed by atoms with E-state index in [9.17, 15) is 9.59 Å². The van der Waals surface area contributed by atoms with E-state index in [1.807, 2.05) is 37.3 Å². The molecule has 2 amide bonds. The molecular weight excluding hydrogens is 256 g/mol. The molecule has 1 aromatic carbocycles. The lowest BCUT2D eigenvalue weighted by atomic mass is 10.1. The summed E-state index contributed by atoms with van der Waals surface area (Å²) in [6.45, 7) is 2.51. The Balaban J connectivity index is 1.99. The number of benzene rings is 1. The molecule has 5 nitrogen and oxygen atoms in total. The Morgan fingerprint density at radius 3 is 2.70 bits per heavy atom. The van der Waals surface area contributed by atoms with Gasteiger partial charge in [0.1, 0.15) is 6.04 Å². The molecule has 2 unspecified atom stereocenters. The molecule has 5 heteroatoms. The van der Waals surface area contributed by atoms with Crippen molar-refractivity contribution in [2.45, 2.75) is 31.8 Å². The van der Waals surface area contributed by atoms with Crippen LogP contribution < -0.4 is 5.32 Å². The second kappa shape index (κ2) is 6.41. The highest BCUT2D eigenvalue weighted by atomic mass is 16.5. The van der Waals surface area contributed by atoms with Gasteiger partial charge in [-0.05, 0) is 25.3 Å². The molecule has 2 atom stereocenters. The van der Waals surface area contributed by atoms with Gasteiger partial charge in [0.2, 0.25) is 5.91 Å². The van der Waals surface area contributed by atoms with E-state index in [1.165, 1.54) is 12.0 Å². The van der Waals surface area contributed by atoms with E-state index in [0.717, 1.165) is 12.0 Å². The molecule has 1 N–H and O–H groups in total. The van der Waals surface area contributed by atoms with Crippen LogP contribution in [0.1, 0.15) is 31.4 Å². The van der Waals surface area contributed by atoms with Crippen molar-refractivity contribution in [3.8, 4) is 0 Å². The van der Waals surface area contributed by atoms with Crippen molar-refractivity contribution in [2.24, 2.45) is 0 Å². The molecule has 0 aliphatic carbocycles. The number of amides is 2. The standard InChI is InChI=1S/C15H20N2O3/c1-11(12-7-4-3-5-8-12)16-14(18)13-9-6-10-17(13)15(19)20-2/h3-5,7-8,11,13H,6,9-10H2,1-2H3,(H,16,18). The fraction of sp³-hybridized carbons (Fsp3) is 0.467. The molecule has 108 valence electrons. The van der Waals surface area contributed by atoms with Gasteiger partial charge in [-0.15, -0.1) is 0 Å². The van der Waals surface area contributed by atoms with Gasteiger partial charge < -0.3 is 10.1 Å². The summed E-state index contributed by atoms with van der Waals surface area (Å²) in [6.07, 6.45) is 1.07. The van der Waals surface area contributed by atoms with Crippen LogP contribution in [0.5, 0.6) is 0 Å². The van der Waals surface area contributed by atoms with Crippen molar-refractivity contribution in [1.29, 1.82) is 0 Å². The first kappa shape index (κ1) is 14.4. The van der Waals surface area contributed by atoms with Gasteiger partial charge >= 0.3 is 6.09 Å². The minimum absolute atomic E-state index is 0.0798. The third-order valence-electron chi connectivity index (χ3n) is 3.62. The van der Waals surface area contributed by atoms with Gasteiger partial charge in [0.25, 0.3) is 0 Å². The van der Waals surface area contributed by atoms with Crippen LogP contribution in [0.15, 0.2) is 30.3 Å². The third kappa shape index (κ3) is 3.10. The summed E-state index contributed by atoms with van der Waals surface area (Å²) in [6, 6.07) is 9.25. The van der Waals surface area contributed by atoms with Crippen LogP contribution in [0.4, 0.5) is 4.79 Å². The summed E-state index contributed by atoms with van der Waals surface area (Å²) in [4.78, 5) is 25.4. The molecule has 2 rings (SSSR count). The lowest BCUT2D eigenvalue weighted by Gasteiger charge is -2.24. The summed E-state index contributed by atoms with van der Waals surface area (Å²) < 4.78 is 4.71. The number of carbonyl (C=O) groups excluding carboxylic acids is 2. The normalized spacial score (nSPS) is 19.5. The average molecular weight is 276 g/mol. The van der Waals surface area contributed by atoms with Crippen molar-refractivity contribution in [1.82, 2.24) is 10.2 Å². The van der Waals surface area contributed by atoms with E-state index >= 15 is 0 Å². The van der Waals surface area contributed by atoms with Crippen LogP contribution in [0, 0.1) is 0 Å². The zero-order chi connectivity index (χ0) is 14.5. The Morgan fingerprint density at radius 2 is 2.05 bits per heavy atom. The summed E-state index contributed by atoms with van der Waals surface area (Å²) in [7, 11) is 1.34. The van der Waals surface area contributed by atoms with Crippen LogP contribution in [-0.4, -0.2) is 36.6 Å². The number of nitrogens with one attached hydrogen (secondary N) is 1. The van der Waals surface area contributed by atoms with E-state index < -0.39 is 12.1 Å². The van der Waals surface area contributed by atoms with Gasteiger partial charge in [-0.2, -0.15) is 0 Å². The maximum absolute atomic E-state index is 12.3. The second-order valence-corrected chi connectivity index (χ2v) is 4.96. The van der Waals surface area contributed by atoms with Gasteiger partial charge in [0.15, 0.2) is 0 Å². The smallest absolute Gasteiger partial charge is 0.410 e. The summed E-state index contributed by atoms with van der Waals surface area (Å²) >= 11 is 0. The van der Waals surface area contributed by atoms with E-state index in [-0.39, 0.29) is 11.9 Å². The minimum atomic E-state index is -0.435. The molecule has 0 bridgehead atoms. The van der Waals surface area contributed by atoms with Gasteiger partial charge in [-0.3, -0.25) is 9.69 Å². The number of methoxy groups -OCH3 is 1. The molecule has 1 saturated heterocycles. The Morgan fingerprint density at radius 1 is 1.35 bits per heavy atom. The van der Waals surface area contributed by atoms with Gasteiger partial charge in [0.05, 0.1) is 13.2 Å². The van der Waals surface area contributed by atoms with Crippen LogP contribution in [0.2, 0.25) is 0 Å². The molecule has 1 aliphatic rings. The number of rotatable bonds is 3. The molecule has 0 radical (unpaired) electrons. The maximum Gasteiger partial charge on any atom is 0.410 e. The van der Waals surface area contributed by atoms with Crippen molar-refractivity contribution in [3.63, 3.8) is 0 Å². The first-order chi connectivity index (χ1) is 9.63. The number of hydrogen-bond acceptors (Lipinski definition) is 3. The predicted octanol–water partition coefficient (Wildman–Crippen LogP) is 2.09. The van der Waals surface area contributed by atoms with Crippen LogP contribution >= 0.6 is 0 Å². The fourth-order valence-corrected chi connectivity index (χ4v) is 2.51. The SMILES string of the molecule is COC(=O)N1CCCC1C(=O)NC(C)c1ccccc1. The van der Waals surface area contributed by atoms with Crippen LogP contribution in [-0.2, 0) is 9.53 Å². The van der Waals surface area contributed by atoms with Gasteiger partial charge in [0, 0.05) is 6.54 Å². The zero-order valence-corrected chi connectivity index (χ0v) is 11.8. The summed E-state index contributed by atoms with van der Waals surface area (Å²) in [5.41, 5.74) is 1.04. The molecule has 0 saturated carbocycles. The van der Waals surface area contributed by atoms with E-state index in [0.29, 0.717) is 13.0 Å². The van der Waals surface area contributed by atoms with Gasteiger partial charge in [-0.1, -0.05) is 30.3 Å². The summed E-state index contributed by atoms with van der Waals surface area (Å²) in [5.74, 6) is -0.121. The van der Waals surface area contributed by atoms with Gasteiger partial charge in [-0.25, -0.2) is 4.79 Å². The van der Waals surface area contributed by atoms with E-state index in [2.05, 4.69) is 5.32 Å². The molecule has 1 aliphatic heterocycles. The minimum Gasteiger partial charge on any atom is -0.453 e. The van der Waals surface area contributed by atoms with Crippen molar-refractivity contribution < 1.29 is 14.3 Å². The van der Waals surface area contributed by atoms with Crippen LogP contribution in [0.3, 0.4) is 0 Å². The number of likely N-dealkylation sites (tertiary alicyclic amines) is 1. The lowest BCUT2D eigenvalue weighted by Crippen LogP contribution is -2.46. The largest absolute Gasteiger partial charge is 0.453 e. The van der Waals surface area contributed by atoms with Crippen molar-refractivity contribution in [2.75, 3.05) is 13.7 Å². The fourth-order valence-electron chi connectivity index (χ4n) is 2.51. The average Bonchev–Trinajstić information content (AvgIpc) is 2.96. The third-order valence-corrected chi connectivity index (χ3v) is 3.62. The van der Waals surface area contributed by atoms with E-state index in [1.54, 1.807) is 0 Å². The molecule has 1 aromatic rings. The second-order valence-electron chi connectivity index (χ2n) is 4.96. The quantitative estimate of drug-likeness (QED) is 0.919. The Bertz CT molecular complexity index is 475. The summed E-state index contributed by atoms with van der Waals surface area (Å²) in [5, 5.41) is 2.96. The number of hydrogen-bond donors (Lipinski definition) is 1.